The molecule has 0 spiro atoms. The molecule has 14 heavy (non-hydrogen) atoms. The van der Waals surface area contributed by atoms with Gasteiger partial charge in [0.25, 0.3) is 0 Å². The van der Waals surface area contributed by atoms with Crippen molar-refractivity contribution in [3.63, 3.8) is 0 Å². The van der Waals surface area contributed by atoms with Gasteiger partial charge in [0.15, 0.2) is 0 Å². The van der Waals surface area contributed by atoms with Crippen LogP contribution >= 0.6 is 11.3 Å². The molecule has 0 aliphatic carbocycles. The van der Waals surface area contributed by atoms with E-state index in [1.165, 1.54) is 17.4 Å². The Labute approximate surface area is 82.2 Å². The van der Waals surface area contributed by atoms with E-state index < -0.39 is 16.4 Å². The van der Waals surface area contributed by atoms with Gasteiger partial charge in [-0.05, 0) is 6.92 Å². The number of aryl methyl sites for hydroxylation is 1. The van der Waals surface area contributed by atoms with Crippen LogP contribution in [0.25, 0.3) is 10.2 Å². The summed E-state index contributed by atoms with van der Waals surface area (Å²) in [4.78, 5) is 13.7. The van der Waals surface area contributed by atoms with Gasteiger partial charge in [-0.25, -0.2) is 4.98 Å². The molecule has 0 saturated heterocycles. The van der Waals surface area contributed by atoms with Crippen molar-refractivity contribution in [3.05, 3.63) is 33.1 Å². The number of nitro groups is 1. The molecular weight excluding hydrogens is 207 g/mol. The van der Waals surface area contributed by atoms with Gasteiger partial charge in [0, 0.05) is 12.1 Å². The van der Waals surface area contributed by atoms with Crippen LogP contribution in [0.5, 0.6) is 0 Å². The quantitative estimate of drug-likeness (QED) is 0.539. The number of thiazole rings is 1. The Kier molecular flexibility index (Phi) is 1.92. The average molecular weight is 212 g/mol. The maximum absolute atomic E-state index is 13.1. The third-order valence-electron chi connectivity index (χ3n) is 1.76. The highest BCUT2D eigenvalue weighted by molar-refractivity contribution is 7.18. The first-order valence-corrected chi connectivity index (χ1v) is 4.60. The molecular formula is C8H5FN2O2S. The Bertz CT molecular complexity index is 523. The molecule has 0 unspecified atom stereocenters. The highest BCUT2D eigenvalue weighted by Crippen LogP contribution is 2.28. The molecule has 6 heteroatoms. The maximum atomic E-state index is 13.1. The largest absolute Gasteiger partial charge is 0.306 e. The molecule has 1 aromatic heterocycles. The van der Waals surface area contributed by atoms with Gasteiger partial charge in [0.05, 0.1) is 20.1 Å². The van der Waals surface area contributed by atoms with Gasteiger partial charge in [0.1, 0.15) is 0 Å². The number of benzene rings is 1. The summed E-state index contributed by atoms with van der Waals surface area (Å²) in [6, 6.07) is 2.31. The number of hydrogen-bond donors (Lipinski definition) is 0. The normalized spacial score (nSPS) is 10.7. The Hall–Kier alpha value is -1.56. The van der Waals surface area contributed by atoms with Crippen LogP contribution in [0.15, 0.2) is 12.1 Å². The second kappa shape index (κ2) is 2.98. The number of halogens is 1. The van der Waals surface area contributed by atoms with E-state index >= 15 is 0 Å². The molecule has 72 valence electrons. The molecule has 1 heterocycles. The first kappa shape index (κ1) is 9.01. The van der Waals surface area contributed by atoms with Crippen molar-refractivity contribution in [3.8, 4) is 0 Å². The monoisotopic (exact) mass is 212 g/mol. The fourth-order valence-corrected chi connectivity index (χ4v) is 2.03. The third-order valence-corrected chi connectivity index (χ3v) is 2.69. The Morgan fingerprint density at radius 3 is 2.93 bits per heavy atom. The van der Waals surface area contributed by atoms with Crippen LogP contribution in [0.4, 0.5) is 10.1 Å². The van der Waals surface area contributed by atoms with Crippen LogP contribution in [-0.4, -0.2) is 9.91 Å². The van der Waals surface area contributed by atoms with Crippen LogP contribution in [0.1, 0.15) is 5.01 Å². The van der Waals surface area contributed by atoms with Crippen molar-refractivity contribution < 1.29 is 9.31 Å². The van der Waals surface area contributed by atoms with E-state index in [1.807, 2.05) is 0 Å². The van der Waals surface area contributed by atoms with E-state index in [9.17, 15) is 14.5 Å². The van der Waals surface area contributed by atoms with Crippen molar-refractivity contribution >= 4 is 27.2 Å². The zero-order valence-electron chi connectivity index (χ0n) is 7.15. The van der Waals surface area contributed by atoms with Gasteiger partial charge in [-0.1, -0.05) is 0 Å². The number of hydrogen-bond acceptors (Lipinski definition) is 4. The highest BCUT2D eigenvalue weighted by Gasteiger charge is 2.16. The zero-order chi connectivity index (χ0) is 10.3. The van der Waals surface area contributed by atoms with E-state index in [0.717, 1.165) is 11.1 Å². The fraction of sp³-hybridized carbons (Fsp3) is 0.125. The van der Waals surface area contributed by atoms with Gasteiger partial charge in [0.2, 0.25) is 5.82 Å². The standard InChI is InChI=1S/C8H5FN2O2S/c1-4-10-6-2-5(9)7(11(12)13)3-8(6)14-4/h2-3H,1H3. The Morgan fingerprint density at radius 2 is 2.29 bits per heavy atom. The van der Waals surface area contributed by atoms with Crippen LogP contribution < -0.4 is 0 Å². The summed E-state index contributed by atoms with van der Waals surface area (Å²) in [5.41, 5.74) is -0.0308. The fourth-order valence-electron chi connectivity index (χ4n) is 1.19. The van der Waals surface area contributed by atoms with E-state index in [0.29, 0.717) is 10.2 Å². The molecule has 0 atom stereocenters. The zero-order valence-corrected chi connectivity index (χ0v) is 7.97. The van der Waals surface area contributed by atoms with Crippen molar-refractivity contribution in [2.75, 3.05) is 0 Å². The molecule has 4 nitrogen and oxygen atoms in total. The lowest BCUT2D eigenvalue weighted by Crippen LogP contribution is -1.91. The number of nitro benzene ring substituents is 1. The molecule has 0 N–H and O–H groups in total. The maximum Gasteiger partial charge on any atom is 0.306 e. The topological polar surface area (TPSA) is 56.0 Å². The van der Waals surface area contributed by atoms with Crippen LogP contribution in [0.3, 0.4) is 0 Å². The molecule has 1 aromatic carbocycles. The van der Waals surface area contributed by atoms with Gasteiger partial charge in [-0.15, -0.1) is 11.3 Å². The van der Waals surface area contributed by atoms with Gasteiger partial charge < -0.3 is 0 Å². The molecule has 0 bridgehead atoms. The van der Waals surface area contributed by atoms with Crippen LogP contribution in [0, 0.1) is 22.9 Å². The van der Waals surface area contributed by atoms with Crippen molar-refractivity contribution in [1.82, 2.24) is 4.98 Å². The van der Waals surface area contributed by atoms with Crippen molar-refractivity contribution in [2.45, 2.75) is 6.92 Å². The summed E-state index contributed by atoms with van der Waals surface area (Å²) in [6.07, 6.45) is 0. The number of rotatable bonds is 1. The molecule has 0 aliphatic rings. The van der Waals surface area contributed by atoms with Gasteiger partial charge in [-0.3, -0.25) is 10.1 Å². The summed E-state index contributed by atoms with van der Waals surface area (Å²) >= 11 is 1.31. The minimum Gasteiger partial charge on any atom is -0.258 e. The van der Waals surface area contributed by atoms with E-state index in [2.05, 4.69) is 4.98 Å². The Balaban J connectivity index is 2.76. The molecule has 0 amide bonds. The summed E-state index contributed by atoms with van der Waals surface area (Å²) in [6.45, 7) is 1.77. The van der Waals surface area contributed by atoms with Gasteiger partial charge in [-0.2, -0.15) is 4.39 Å². The molecule has 0 radical (unpaired) electrons. The number of aromatic nitrogens is 1. The predicted molar refractivity (Wildman–Crippen MR) is 51.0 cm³/mol. The second-order valence-electron chi connectivity index (χ2n) is 2.76. The Morgan fingerprint density at radius 1 is 1.57 bits per heavy atom. The van der Waals surface area contributed by atoms with E-state index in [-0.39, 0.29) is 0 Å². The summed E-state index contributed by atoms with van der Waals surface area (Å²) in [5.74, 6) is -0.840. The minimum absolute atomic E-state index is 0.468. The van der Waals surface area contributed by atoms with Gasteiger partial charge >= 0.3 is 5.69 Å². The summed E-state index contributed by atoms with van der Waals surface area (Å²) in [7, 11) is 0. The van der Waals surface area contributed by atoms with E-state index in [1.54, 1.807) is 6.92 Å². The summed E-state index contributed by atoms with van der Waals surface area (Å²) < 4.78 is 13.7. The van der Waals surface area contributed by atoms with Crippen LogP contribution in [0.2, 0.25) is 0 Å². The lowest BCUT2D eigenvalue weighted by atomic mass is 10.3. The minimum atomic E-state index is -0.840. The first-order valence-electron chi connectivity index (χ1n) is 3.79. The van der Waals surface area contributed by atoms with E-state index in [4.69, 9.17) is 0 Å². The van der Waals surface area contributed by atoms with Crippen molar-refractivity contribution in [1.29, 1.82) is 0 Å². The second-order valence-corrected chi connectivity index (χ2v) is 4.00. The van der Waals surface area contributed by atoms with Crippen LogP contribution in [-0.2, 0) is 0 Å². The highest BCUT2D eigenvalue weighted by atomic mass is 32.1. The molecule has 2 rings (SSSR count). The molecule has 0 fully saturated rings. The lowest BCUT2D eigenvalue weighted by molar-refractivity contribution is -0.387. The molecule has 2 aromatic rings. The molecule has 0 aliphatic heterocycles. The average Bonchev–Trinajstić information content (AvgIpc) is 2.42. The number of fused-ring (bicyclic) bond motifs is 1. The smallest absolute Gasteiger partial charge is 0.258 e. The van der Waals surface area contributed by atoms with Crippen molar-refractivity contribution in [2.24, 2.45) is 0 Å². The third kappa shape index (κ3) is 1.33. The first-order chi connectivity index (χ1) is 6.58. The molecule has 0 saturated carbocycles. The summed E-state index contributed by atoms with van der Waals surface area (Å²) in [5, 5.41) is 11.2. The lowest BCUT2D eigenvalue weighted by Gasteiger charge is -1.92. The SMILES string of the molecule is Cc1nc2cc(F)c([N+](=O)[O-])cc2s1. The number of nitrogens with zero attached hydrogens (tertiary/aromatic N) is 2. The predicted octanol–water partition coefficient (Wildman–Crippen LogP) is 2.65.